The predicted molar refractivity (Wildman–Crippen MR) is 133 cm³/mol. The zero-order valence-corrected chi connectivity index (χ0v) is 20.0. The molecule has 0 bridgehead atoms. The maximum absolute atomic E-state index is 13.0. The molecule has 0 aliphatic heterocycles. The molecule has 0 aliphatic rings. The maximum Gasteiger partial charge on any atom is 0.323 e. The third-order valence-corrected chi connectivity index (χ3v) is 6.58. The van der Waals surface area contributed by atoms with Crippen LogP contribution in [0.3, 0.4) is 0 Å². The van der Waals surface area contributed by atoms with Crippen molar-refractivity contribution in [1.29, 1.82) is 0 Å². The predicted octanol–water partition coefficient (Wildman–Crippen LogP) is 5.29. The number of carbonyl (C=O) groups is 3. The van der Waals surface area contributed by atoms with Crippen molar-refractivity contribution < 1.29 is 19.5 Å². The van der Waals surface area contributed by atoms with Gasteiger partial charge in [0.1, 0.15) is 11.5 Å². The van der Waals surface area contributed by atoms with Crippen LogP contribution < -0.4 is 10.2 Å². The van der Waals surface area contributed by atoms with Gasteiger partial charge in [0.25, 0.3) is 0 Å². The molecule has 0 atom stereocenters. The molecule has 0 saturated carbocycles. The molecule has 172 valence electrons. The summed E-state index contributed by atoms with van der Waals surface area (Å²) in [6.45, 7) is 1.87. The minimum Gasteiger partial charge on any atom is -0.480 e. The SMILES string of the molecule is CCc1cc(C(=O)c2ccc(Cl)cc2)c(NC(=O)CCc2ccccc2N(C)CC(=O)O)s1. The van der Waals surface area contributed by atoms with Crippen molar-refractivity contribution in [3.8, 4) is 0 Å². The average molecular weight is 485 g/mol. The monoisotopic (exact) mass is 484 g/mol. The summed E-state index contributed by atoms with van der Waals surface area (Å²) >= 11 is 7.33. The van der Waals surface area contributed by atoms with Crippen LogP contribution in [0.1, 0.15) is 39.7 Å². The Kier molecular flexibility index (Phi) is 8.25. The van der Waals surface area contributed by atoms with Gasteiger partial charge in [-0.25, -0.2) is 0 Å². The number of ketones is 1. The van der Waals surface area contributed by atoms with Crippen LogP contribution in [0.25, 0.3) is 0 Å². The average Bonchev–Trinajstić information content (AvgIpc) is 3.20. The zero-order chi connectivity index (χ0) is 24.0. The van der Waals surface area contributed by atoms with Gasteiger partial charge in [0.05, 0.1) is 5.56 Å². The number of para-hydroxylation sites is 1. The lowest BCUT2D eigenvalue weighted by Crippen LogP contribution is -2.26. The molecule has 3 aromatic rings. The van der Waals surface area contributed by atoms with Gasteiger partial charge in [-0.3, -0.25) is 14.4 Å². The van der Waals surface area contributed by atoms with Crippen LogP contribution in [0, 0.1) is 0 Å². The summed E-state index contributed by atoms with van der Waals surface area (Å²) < 4.78 is 0. The summed E-state index contributed by atoms with van der Waals surface area (Å²) in [6.07, 6.45) is 1.40. The third kappa shape index (κ3) is 6.43. The van der Waals surface area contributed by atoms with Gasteiger partial charge >= 0.3 is 5.97 Å². The second-order valence-corrected chi connectivity index (χ2v) is 9.14. The van der Waals surface area contributed by atoms with Crippen LogP contribution in [0.5, 0.6) is 0 Å². The van der Waals surface area contributed by atoms with Gasteiger partial charge in [-0.1, -0.05) is 36.7 Å². The molecule has 0 unspecified atom stereocenters. The van der Waals surface area contributed by atoms with E-state index in [0.717, 1.165) is 22.5 Å². The lowest BCUT2D eigenvalue weighted by Gasteiger charge is -2.20. The number of rotatable bonds is 10. The smallest absolute Gasteiger partial charge is 0.323 e. The molecule has 1 amide bonds. The molecule has 2 N–H and O–H groups in total. The highest BCUT2D eigenvalue weighted by Crippen LogP contribution is 2.31. The highest BCUT2D eigenvalue weighted by atomic mass is 35.5. The lowest BCUT2D eigenvalue weighted by atomic mass is 10.0. The molecule has 1 heterocycles. The van der Waals surface area contributed by atoms with Crippen molar-refractivity contribution in [3.05, 3.63) is 81.2 Å². The molecule has 0 fully saturated rings. The number of amides is 1. The standard InChI is InChI=1S/C25H25ClN2O4S/c1-3-19-14-20(24(32)17-8-11-18(26)12-9-17)25(33-19)27-22(29)13-10-16-6-4-5-7-21(16)28(2)15-23(30)31/h4-9,11-12,14H,3,10,13,15H2,1-2H3,(H,27,29)(H,30,31). The third-order valence-electron chi connectivity index (χ3n) is 5.13. The fraction of sp³-hybridized carbons (Fsp3) is 0.240. The Morgan fingerprint density at radius 2 is 1.79 bits per heavy atom. The normalized spacial score (nSPS) is 10.6. The van der Waals surface area contributed by atoms with Gasteiger partial charge in [0, 0.05) is 34.6 Å². The number of likely N-dealkylation sites (N-methyl/N-ethyl adjacent to an activating group) is 1. The van der Waals surface area contributed by atoms with E-state index in [1.54, 1.807) is 36.2 Å². The van der Waals surface area contributed by atoms with E-state index in [9.17, 15) is 14.4 Å². The Morgan fingerprint density at radius 1 is 1.09 bits per heavy atom. The highest BCUT2D eigenvalue weighted by molar-refractivity contribution is 7.16. The number of benzene rings is 2. The van der Waals surface area contributed by atoms with Gasteiger partial charge in [0.15, 0.2) is 5.78 Å². The van der Waals surface area contributed by atoms with Gasteiger partial charge < -0.3 is 15.3 Å². The minimum absolute atomic E-state index is 0.131. The number of carboxylic acids is 1. The summed E-state index contributed by atoms with van der Waals surface area (Å²) in [4.78, 5) is 39.5. The number of halogens is 1. The minimum atomic E-state index is -0.924. The molecule has 0 saturated heterocycles. The maximum atomic E-state index is 13.0. The van der Waals surface area contributed by atoms with Gasteiger partial charge in [-0.15, -0.1) is 11.3 Å². The van der Waals surface area contributed by atoms with Crippen LogP contribution >= 0.6 is 22.9 Å². The van der Waals surface area contributed by atoms with Crippen LogP contribution in [-0.4, -0.2) is 36.4 Å². The first-order valence-corrected chi connectivity index (χ1v) is 11.7. The quantitative estimate of drug-likeness (QED) is 0.382. The number of thiophene rings is 1. The Bertz CT molecular complexity index is 1160. The summed E-state index contributed by atoms with van der Waals surface area (Å²) in [6, 6.07) is 15.9. The molecule has 8 heteroatoms. The molecule has 0 aliphatic carbocycles. The second kappa shape index (κ2) is 11.1. The molecule has 6 nitrogen and oxygen atoms in total. The summed E-state index contributed by atoms with van der Waals surface area (Å²) in [5, 5.41) is 13.1. The number of hydrogen-bond acceptors (Lipinski definition) is 5. The number of carbonyl (C=O) groups excluding carboxylic acids is 2. The van der Waals surface area contributed by atoms with E-state index >= 15 is 0 Å². The molecule has 0 radical (unpaired) electrons. The van der Waals surface area contributed by atoms with E-state index < -0.39 is 5.97 Å². The zero-order valence-electron chi connectivity index (χ0n) is 18.4. The van der Waals surface area contributed by atoms with Crippen LogP contribution in [0.2, 0.25) is 5.02 Å². The number of nitrogens with zero attached hydrogens (tertiary/aromatic N) is 1. The molecule has 0 spiro atoms. The van der Waals surface area contributed by atoms with Gasteiger partial charge in [-0.2, -0.15) is 0 Å². The fourth-order valence-electron chi connectivity index (χ4n) is 3.45. The van der Waals surface area contributed by atoms with Crippen molar-refractivity contribution in [3.63, 3.8) is 0 Å². The van der Waals surface area contributed by atoms with E-state index in [1.165, 1.54) is 11.3 Å². The Labute approximate surface area is 201 Å². The molecule has 33 heavy (non-hydrogen) atoms. The van der Waals surface area contributed by atoms with Crippen molar-refractivity contribution in [1.82, 2.24) is 0 Å². The lowest BCUT2D eigenvalue weighted by molar-refractivity contribution is -0.135. The van der Waals surface area contributed by atoms with E-state index in [1.807, 2.05) is 37.3 Å². The number of nitrogens with one attached hydrogen (secondary N) is 1. The second-order valence-electron chi connectivity index (χ2n) is 7.57. The molecule has 2 aromatic carbocycles. The molecule has 1 aromatic heterocycles. The largest absolute Gasteiger partial charge is 0.480 e. The Balaban J connectivity index is 1.73. The topological polar surface area (TPSA) is 86.7 Å². The van der Waals surface area contributed by atoms with Crippen molar-refractivity contribution in [2.45, 2.75) is 26.2 Å². The number of anilines is 2. The van der Waals surface area contributed by atoms with E-state index in [4.69, 9.17) is 16.7 Å². The Hall–Kier alpha value is -3.16. The number of carboxylic acid groups (broad SMARTS) is 1. The van der Waals surface area contributed by atoms with Crippen LogP contribution in [0.4, 0.5) is 10.7 Å². The first-order valence-electron chi connectivity index (χ1n) is 10.5. The van der Waals surface area contributed by atoms with E-state index in [0.29, 0.717) is 27.6 Å². The van der Waals surface area contributed by atoms with Gasteiger partial charge in [-0.05, 0) is 54.8 Å². The van der Waals surface area contributed by atoms with Crippen LogP contribution in [0.15, 0.2) is 54.6 Å². The molecular formula is C25H25ClN2O4S. The molecular weight excluding hydrogens is 460 g/mol. The first-order chi connectivity index (χ1) is 15.8. The number of hydrogen-bond donors (Lipinski definition) is 2. The van der Waals surface area contributed by atoms with E-state index in [-0.39, 0.29) is 24.7 Å². The first kappa shape index (κ1) is 24.5. The summed E-state index contributed by atoms with van der Waals surface area (Å²) in [5.74, 6) is -1.30. The van der Waals surface area contributed by atoms with Crippen LogP contribution in [-0.2, 0) is 22.4 Å². The summed E-state index contributed by atoms with van der Waals surface area (Å²) in [5.41, 5.74) is 2.63. The number of aliphatic carboxylic acids is 1. The van der Waals surface area contributed by atoms with Crippen molar-refractivity contribution >= 4 is 51.3 Å². The number of aryl methyl sites for hydroxylation is 2. The molecule has 3 rings (SSSR count). The Morgan fingerprint density at radius 3 is 2.45 bits per heavy atom. The van der Waals surface area contributed by atoms with E-state index in [2.05, 4.69) is 5.32 Å². The van der Waals surface area contributed by atoms with Gasteiger partial charge in [0.2, 0.25) is 5.91 Å². The van der Waals surface area contributed by atoms with Crippen molar-refractivity contribution in [2.24, 2.45) is 0 Å². The highest BCUT2D eigenvalue weighted by Gasteiger charge is 2.19. The van der Waals surface area contributed by atoms with Crippen molar-refractivity contribution in [2.75, 3.05) is 23.8 Å². The summed E-state index contributed by atoms with van der Waals surface area (Å²) in [7, 11) is 1.71. The fourth-order valence-corrected chi connectivity index (χ4v) is 4.59.